The second-order valence-electron chi connectivity index (χ2n) is 5.41. The van der Waals surface area contributed by atoms with E-state index in [1.165, 1.54) is 28.8 Å². The molecule has 1 aliphatic rings. The highest BCUT2D eigenvalue weighted by atomic mass is 32.2. The number of para-hydroxylation sites is 1. The Bertz CT molecular complexity index is 897. The number of anilines is 1. The molecule has 0 fully saturated rings. The lowest BCUT2D eigenvalue weighted by Crippen LogP contribution is -2.30. The molecule has 2 aromatic rings. The second-order valence-corrected chi connectivity index (χ2v) is 6.48. The number of benzene rings is 2. The monoisotopic (exact) mass is 370 g/mol. The van der Waals surface area contributed by atoms with Gasteiger partial charge in [0.05, 0.1) is 12.1 Å². The van der Waals surface area contributed by atoms with Crippen LogP contribution in [-0.4, -0.2) is 27.9 Å². The number of carbonyl (C=O) groups is 2. The number of amides is 1. The first-order valence-corrected chi connectivity index (χ1v) is 8.84. The molecule has 132 valence electrons. The van der Waals surface area contributed by atoms with Crippen molar-refractivity contribution in [2.75, 3.05) is 10.7 Å². The van der Waals surface area contributed by atoms with Crippen LogP contribution in [0.25, 0.3) is 6.08 Å². The van der Waals surface area contributed by atoms with Crippen molar-refractivity contribution >= 4 is 40.6 Å². The maximum atomic E-state index is 13.9. The van der Waals surface area contributed by atoms with Gasteiger partial charge in [-0.2, -0.15) is 0 Å². The Hall–Kier alpha value is -2.93. The minimum atomic E-state index is -0.921. The van der Waals surface area contributed by atoms with Crippen LogP contribution in [0.4, 0.5) is 10.1 Å². The molecule has 1 N–H and O–H groups in total. The summed E-state index contributed by atoms with van der Waals surface area (Å²) in [5, 5.41) is 9.19. The van der Waals surface area contributed by atoms with Crippen molar-refractivity contribution < 1.29 is 19.1 Å². The van der Waals surface area contributed by atoms with Crippen molar-refractivity contribution in [3.8, 4) is 0 Å². The maximum absolute atomic E-state index is 13.9. The van der Waals surface area contributed by atoms with Crippen LogP contribution in [-0.2, 0) is 9.59 Å². The molecular weight excluding hydrogens is 355 g/mol. The standard InChI is InChI=1S/C19H15FN2O3S/c20-15-9-5-4-6-13(15)12-16-18(25)22(14-7-2-1-3-8-14)19(21-16)26-11-10-17(23)24/h1-9,12H,10-11H2,(H,23,24)/b16-12-. The summed E-state index contributed by atoms with van der Waals surface area (Å²) in [5.41, 5.74) is 0.997. The molecule has 0 saturated carbocycles. The zero-order valence-corrected chi connectivity index (χ0v) is 14.4. The third-order valence-electron chi connectivity index (χ3n) is 3.59. The van der Waals surface area contributed by atoms with Gasteiger partial charge in [0, 0.05) is 11.3 Å². The zero-order valence-electron chi connectivity index (χ0n) is 13.6. The fourth-order valence-electron chi connectivity index (χ4n) is 2.37. The van der Waals surface area contributed by atoms with E-state index in [2.05, 4.69) is 4.99 Å². The molecule has 1 heterocycles. The highest BCUT2D eigenvalue weighted by Crippen LogP contribution is 2.29. The van der Waals surface area contributed by atoms with Gasteiger partial charge < -0.3 is 5.11 Å². The lowest BCUT2D eigenvalue weighted by Gasteiger charge is -2.17. The van der Waals surface area contributed by atoms with Gasteiger partial charge in [0.2, 0.25) is 0 Å². The van der Waals surface area contributed by atoms with E-state index in [4.69, 9.17) is 5.11 Å². The molecule has 0 atom stereocenters. The van der Waals surface area contributed by atoms with E-state index in [1.54, 1.807) is 42.5 Å². The number of hydrogen-bond acceptors (Lipinski definition) is 4. The summed E-state index contributed by atoms with van der Waals surface area (Å²) in [6.07, 6.45) is 1.35. The van der Waals surface area contributed by atoms with Crippen molar-refractivity contribution in [2.45, 2.75) is 6.42 Å². The fourth-order valence-corrected chi connectivity index (χ4v) is 3.31. The van der Waals surface area contributed by atoms with Gasteiger partial charge in [0.1, 0.15) is 11.5 Å². The number of carboxylic acid groups (broad SMARTS) is 1. The lowest BCUT2D eigenvalue weighted by atomic mass is 10.1. The van der Waals surface area contributed by atoms with E-state index in [-0.39, 0.29) is 29.3 Å². The average molecular weight is 370 g/mol. The number of carboxylic acids is 1. The van der Waals surface area contributed by atoms with Gasteiger partial charge in [-0.05, 0) is 24.3 Å². The van der Waals surface area contributed by atoms with E-state index >= 15 is 0 Å². The van der Waals surface area contributed by atoms with Crippen LogP contribution in [0.1, 0.15) is 12.0 Å². The summed E-state index contributed by atoms with van der Waals surface area (Å²) >= 11 is 1.18. The average Bonchev–Trinajstić information content (AvgIpc) is 2.93. The first-order valence-electron chi connectivity index (χ1n) is 7.85. The Morgan fingerprint density at radius 3 is 2.54 bits per heavy atom. The molecule has 0 unspecified atom stereocenters. The fraction of sp³-hybridized carbons (Fsp3) is 0.105. The highest BCUT2D eigenvalue weighted by Gasteiger charge is 2.32. The third kappa shape index (κ3) is 4.00. The number of carbonyl (C=O) groups excluding carboxylic acids is 1. The Kier molecular flexibility index (Phi) is 5.48. The number of amidine groups is 1. The summed E-state index contributed by atoms with van der Waals surface area (Å²) in [7, 11) is 0. The Morgan fingerprint density at radius 1 is 1.15 bits per heavy atom. The van der Waals surface area contributed by atoms with Gasteiger partial charge in [-0.1, -0.05) is 48.2 Å². The maximum Gasteiger partial charge on any atom is 0.304 e. The van der Waals surface area contributed by atoms with E-state index in [0.717, 1.165) is 0 Å². The van der Waals surface area contributed by atoms with E-state index in [1.807, 2.05) is 6.07 Å². The predicted octanol–water partition coefficient (Wildman–Crippen LogP) is 3.78. The molecule has 3 rings (SSSR count). The molecule has 26 heavy (non-hydrogen) atoms. The van der Waals surface area contributed by atoms with Crippen LogP contribution in [0, 0.1) is 5.82 Å². The molecule has 0 aliphatic carbocycles. The molecule has 0 spiro atoms. The smallest absolute Gasteiger partial charge is 0.304 e. The molecule has 0 aromatic heterocycles. The molecule has 0 saturated heterocycles. The van der Waals surface area contributed by atoms with Gasteiger partial charge in [-0.25, -0.2) is 9.38 Å². The predicted molar refractivity (Wildman–Crippen MR) is 100 cm³/mol. The highest BCUT2D eigenvalue weighted by molar-refractivity contribution is 8.14. The minimum absolute atomic E-state index is 0.0487. The molecule has 1 amide bonds. The molecule has 0 bridgehead atoms. The quantitative estimate of drug-likeness (QED) is 0.813. The zero-order chi connectivity index (χ0) is 18.5. The number of rotatable bonds is 5. The number of hydrogen-bond donors (Lipinski definition) is 1. The number of halogens is 1. The van der Waals surface area contributed by atoms with Crippen molar-refractivity contribution in [3.05, 3.63) is 71.7 Å². The number of aliphatic imine (C=N–C) groups is 1. The number of nitrogens with zero attached hydrogens (tertiary/aromatic N) is 2. The summed E-state index contributed by atoms with van der Waals surface area (Å²) in [6, 6.07) is 15.1. The van der Waals surface area contributed by atoms with E-state index < -0.39 is 11.8 Å². The first-order chi connectivity index (χ1) is 12.6. The minimum Gasteiger partial charge on any atom is -0.481 e. The molecule has 0 radical (unpaired) electrons. The second kappa shape index (κ2) is 7.97. The van der Waals surface area contributed by atoms with Crippen LogP contribution >= 0.6 is 11.8 Å². The van der Waals surface area contributed by atoms with Crippen LogP contribution in [0.5, 0.6) is 0 Å². The summed E-state index contributed by atoms with van der Waals surface area (Å²) in [4.78, 5) is 29.3. The normalized spacial score (nSPS) is 15.4. The van der Waals surface area contributed by atoms with Crippen molar-refractivity contribution in [2.24, 2.45) is 4.99 Å². The van der Waals surface area contributed by atoms with Crippen molar-refractivity contribution in [1.82, 2.24) is 0 Å². The summed E-state index contributed by atoms with van der Waals surface area (Å²) < 4.78 is 13.9. The van der Waals surface area contributed by atoms with E-state index in [0.29, 0.717) is 10.9 Å². The van der Waals surface area contributed by atoms with Crippen molar-refractivity contribution in [3.63, 3.8) is 0 Å². The topological polar surface area (TPSA) is 70.0 Å². The van der Waals surface area contributed by atoms with Crippen LogP contribution in [0.3, 0.4) is 0 Å². The SMILES string of the molecule is O=C(O)CCSC1=N/C(=C\c2ccccc2F)C(=O)N1c1ccccc1. The molecule has 7 heteroatoms. The molecule has 2 aromatic carbocycles. The van der Waals surface area contributed by atoms with Crippen LogP contribution < -0.4 is 4.90 Å². The van der Waals surface area contributed by atoms with Gasteiger partial charge in [-0.3, -0.25) is 14.5 Å². The first kappa shape index (κ1) is 17.9. The Labute approximate surface area is 153 Å². The molecular formula is C19H15FN2O3S. The van der Waals surface area contributed by atoms with Gasteiger partial charge in [0.15, 0.2) is 5.17 Å². The third-order valence-corrected chi connectivity index (χ3v) is 4.53. The Morgan fingerprint density at radius 2 is 1.85 bits per heavy atom. The molecule has 1 aliphatic heterocycles. The summed E-state index contributed by atoms with van der Waals surface area (Å²) in [6.45, 7) is 0. The van der Waals surface area contributed by atoms with E-state index in [9.17, 15) is 14.0 Å². The number of aliphatic carboxylic acids is 1. The van der Waals surface area contributed by atoms with Crippen LogP contribution in [0.2, 0.25) is 0 Å². The van der Waals surface area contributed by atoms with Crippen molar-refractivity contribution in [1.29, 1.82) is 0 Å². The Balaban J connectivity index is 1.94. The lowest BCUT2D eigenvalue weighted by molar-refractivity contribution is -0.136. The van der Waals surface area contributed by atoms with Gasteiger partial charge >= 0.3 is 5.97 Å². The summed E-state index contributed by atoms with van der Waals surface area (Å²) in [5.74, 6) is -1.47. The number of thioether (sulfide) groups is 1. The van der Waals surface area contributed by atoms with Gasteiger partial charge in [-0.15, -0.1) is 0 Å². The molecule has 5 nitrogen and oxygen atoms in total. The van der Waals surface area contributed by atoms with Crippen LogP contribution in [0.15, 0.2) is 65.3 Å². The van der Waals surface area contributed by atoms with Gasteiger partial charge in [0.25, 0.3) is 5.91 Å². The largest absolute Gasteiger partial charge is 0.481 e.